The molecule has 2 rings (SSSR count). The molecule has 1 atom stereocenters. The van der Waals surface area contributed by atoms with E-state index in [1.165, 1.54) is 12.1 Å². The SMILES string of the molecule is NC(=O)C1CNCCN1Cc1cc(Cl)ccc1F. The fourth-order valence-electron chi connectivity index (χ4n) is 2.10. The standard InChI is InChI=1S/C12H15ClFN3O/c13-9-1-2-10(14)8(5-9)7-17-4-3-16-6-11(17)12(15)18/h1-2,5,11,16H,3-4,6-7H2,(H2,15,18). The predicted molar refractivity (Wildman–Crippen MR) is 67.7 cm³/mol. The Bertz CT molecular complexity index is 455. The van der Waals surface area contributed by atoms with Gasteiger partial charge >= 0.3 is 0 Å². The van der Waals surface area contributed by atoms with Crippen LogP contribution in [0.4, 0.5) is 4.39 Å². The van der Waals surface area contributed by atoms with E-state index in [9.17, 15) is 9.18 Å². The second kappa shape index (κ2) is 5.65. The third-order valence-corrected chi connectivity index (χ3v) is 3.30. The van der Waals surface area contributed by atoms with Crippen LogP contribution in [0.5, 0.6) is 0 Å². The molecule has 3 N–H and O–H groups in total. The van der Waals surface area contributed by atoms with Crippen molar-refractivity contribution in [2.45, 2.75) is 12.6 Å². The first kappa shape index (κ1) is 13.3. The van der Waals surface area contributed by atoms with E-state index in [0.29, 0.717) is 30.2 Å². The Morgan fingerprint density at radius 1 is 1.61 bits per heavy atom. The molecule has 1 fully saturated rings. The molecular weight excluding hydrogens is 257 g/mol. The molecule has 1 saturated heterocycles. The molecule has 1 aliphatic heterocycles. The minimum Gasteiger partial charge on any atom is -0.368 e. The summed E-state index contributed by atoms with van der Waals surface area (Å²) in [6.45, 7) is 2.24. The molecule has 0 aliphatic carbocycles. The molecule has 0 bridgehead atoms. The van der Waals surface area contributed by atoms with E-state index >= 15 is 0 Å². The summed E-state index contributed by atoms with van der Waals surface area (Å²) in [5, 5.41) is 3.58. The highest BCUT2D eigenvalue weighted by atomic mass is 35.5. The van der Waals surface area contributed by atoms with Crippen molar-refractivity contribution in [1.82, 2.24) is 10.2 Å². The summed E-state index contributed by atoms with van der Waals surface area (Å²) in [5.41, 5.74) is 5.82. The van der Waals surface area contributed by atoms with Crippen LogP contribution < -0.4 is 11.1 Å². The molecule has 1 unspecified atom stereocenters. The van der Waals surface area contributed by atoms with Gasteiger partial charge in [0.25, 0.3) is 0 Å². The van der Waals surface area contributed by atoms with Gasteiger partial charge in [-0.1, -0.05) is 11.6 Å². The van der Waals surface area contributed by atoms with E-state index < -0.39 is 11.9 Å². The minimum atomic E-state index is -0.405. The molecule has 1 aromatic rings. The number of carbonyl (C=O) groups excluding carboxylic acids is 1. The Morgan fingerprint density at radius 2 is 2.39 bits per heavy atom. The molecule has 98 valence electrons. The van der Waals surface area contributed by atoms with E-state index in [0.717, 1.165) is 6.54 Å². The first-order chi connectivity index (χ1) is 8.58. The maximum atomic E-state index is 13.6. The maximum absolute atomic E-state index is 13.6. The lowest BCUT2D eigenvalue weighted by atomic mass is 10.1. The maximum Gasteiger partial charge on any atom is 0.236 e. The van der Waals surface area contributed by atoms with Gasteiger partial charge in [-0.05, 0) is 18.2 Å². The lowest BCUT2D eigenvalue weighted by molar-refractivity contribution is -0.124. The highest BCUT2D eigenvalue weighted by Crippen LogP contribution is 2.18. The van der Waals surface area contributed by atoms with Gasteiger partial charge in [0, 0.05) is 36.8 Å². The lowest BCUT2D eigenvalue weighted by Gasteiger charge is -2.34. The zero-order chi connectivity index (χ0) is 13.1. The highest BCUT2D eigenvalue weighted by molar-refractivity contribution is 6.30. The van der Waals surface area contributed by atoms with Gasteiger partial charge in [-0.2, -0.15) is 0 Å². The number of halogens is 2. The third kappa shape index (κ3) is 2.98. The molecule has 1 aliphatic rings. The number of piperazine rings is 1. The van der Waals surface area contributed by atoms with Crippen LogP contribution in [-0.4, -0.2) is 36.5 Å². The molecule has 18 heavy (non-hydrogen) atoms. The van der Waals surface area contributed by atoms with Crippen LogP contribution in [0, 0.1) is 5.82 Å². The average molecular weight is 272 g/mol. The zero-order valence-corrected chi connectivity index (χ0v) is 10.6. The van der Waals surface area contributed by atoms with Gasteiger partial charge in [0.15, 0.2) is 0 Å². The summed E-state index contributed by atoms with van der Waals surface area (Å²) in [7, 11) is 0. The molecule has 0 spiro atoms. The van der Waals surface area contributed by atoms with E-state index in [-0.39, 0.29) is 5.82 Å². The second-order valence-electron chi connectivity index (χ2n) is 4.33. The monoisotopic (exact) mass is 271 g/mol. The van der Waals surface area contributed by atoms with E-state index in [4.69, 9.17) is 17.3 Å². The first-order valence-electron chi connectivity index (χ1n) is 5.76. The molecule has 0 radical (unpaired) electrons. The van der Waals surface area contributed by atoms with Gasteiger partial charge in [0.05, 0.1) is 0 Å². The Morgan fingerprint density at radius 3 is 3.11 bits per heavy atom. The molecule has 4 nitrogen and oxygen atoms in total. The summed E-state index contributed by atoms with van der Waals surface area (Å²) in [5.74, 6) is -0.717. The summed E-state index contributed by atoms with van der Waals surface area (Å²) < 4.78 is 13.6. The van der Waals surface area contributed by atoms with Crippen LogP contribution in [-0.2, 0) is 11.3 Å². The normalized spacial score (nSPS) is 20.9. The van der Waals surface area contributed by atoms with Crippen molar-refractivity contribution >= 4 is 17.5 Å². The number of hydrogen-bond acceptors (Lipinski definition) is 3. The molecule has 1 aromatic carbocycles. The van der Waals surface area contributed by atoms with E-state index in [1.54, 1.807) is 6.07 Å². The van der Waals surface area contributed by atoms with Crippen molar-refractivity contribution < 1.29 is 9.18 Å². The molecule has 0 saturated carbocycles. The quantitative estimate of drug-likeness (QED) is 0.853. The minimum absolute atomic E-state index is 0.318. The van der Waals surface area contributed by atoms with Crippen molar-refractivity contribution in [3.63, 3.8) is 0 Å². The molecule has 1 amide bonds. The summed E-state index contributed by atoms with van der Waals surface area (Å²) >= 11 is 5.84. The van der Waals surface area contributed by atoms with Gasteiger partial charge in [0.1, 0.15) is 11.9 Å². The van der Waals surface area contributed by atoms with E-state index in [1.807, 2.05) is 4.90 Å². The largest absolute Gasteiger partial charge is 0.368 e. The zero-order valence-electron chi connectivity index (χ0n) is 9.83. The highest BCUT2D eigenvalue weighted by Gasteiger charge is 2.27. The molecule has 1 heterocycles. The number of hydrogen-bond donors (Lipinski definition) is 2. The number of carbonyl (C=O) groups is 1. The van der Waals surface area contributed by atoms with Crippen LogP contribution >= 0.6 is 11.6 Å². The van der Waals surface area contributed by atoms with E-state index in [2.05, 4.69) is 5.32 Å². The second-order valence-corrected chi connectivity index (χ2v) is 4.76. The number of rotatable bonds is 3. The molecule has 6 heteroatoms. The fraction of sp³-hybridized carbons (Fsp3) is 0.417. The Balaban J connectivity index is 2.15. The third-order valence-electron chi connectivity index (χ3n) is 3.06. The van der Waals surface area contributed by atoms with Gasteiger partial charge in [0.2, 0.25) is 5.91 Å². The summed E-state index contributed by atoms with van der Waals surface area (Å²) in [4.78, 5) is 13.2. The van der Waals surface area contributed by atoms with Crippen molar-refractivity contribution in [3.8, 4) is 0 Å². The van der Waals surface area contributed by atoms with Crippen molar-refractivity contribution in [1.29, 1.82) is 0 Å². The number of nitrogens with zero attached hydrogens (tertiary/aromatic N) is 1. The van der Waals surface area contributed by atoms with Crippen molar-refractivity contribution in [3.05, 3.63) is 34.6 Å². The fourth-order valence-corrected chi connectivity index (χ4v) is 2.29. The number of primary amides is 1. The van der Waals surface area contributed by atoms with Crippen LogP contribution in [0.25, 0.3) is 0 Å². The molecular formula is C12H15ClFN3O. The number of amides is 1. The summed E-state index contributed by atoms with van der Waals surface area (Å²) in [6, 6.07) is 4.01. The van der Waals surface area contributed by atoms with Gasteiger partial charge in [-0.15, -0.1) is 0 Å². The lowest BCUT2D eigenvalue weighted by Crippen LogP contribution is -2.56. The Kier molecular flexibility index (Phi) is 4.16. The number of nitrogens with one attached hydrogen (secondary N) is 1. The van der Waals surface area contributed by atoms with Crippen LogP contribution in [0.1, 0.15) is 5.56 Å². The van der Waals surface area contributed by atoms with Crippen molar-refractivity contribution in [2.75, 3.05) is 19.6 Å². The molecule has 0 aromatic heterocycles. The van der Waals surface area contributed by atoms with Gasteiger partial charge in [-0.3, -0.25) is 9.69 Å². The van der Waals surface area contributed by atoms with Gasteiger partial charge in [-0.25, -0.2) is 4.39 Å². The van der Waals surface area contributed by atoms with Gasteiger partial charge < -0.3 is 11.1 Å². The Hall–Kier alpha value is -1.17. The smallest absolute Gasteiger partial charge is 0.236 e. The van der Waals surface area contributed by atoms with Crippen LogP contribution in [0.15, 0.2) is 18.2 Å². The summed E-state index contributed by atoms with van der Waals surface area (Å²) in [6.07, 6.45) is 0. The Labute approximate surface area is 110 Å². The average Bonchev–Trinajstić information content (AvgIpc) is 2.34. The van der Waals surface area contributed by atoms with Crippen LogP contribution in [0.3, 0.4) is 0 Å². The van der Waals surface area contributed by atoms with Crippen LogP contribution in [0.2, 0.25) is 5.02 Å². The predicted octanol–water partition coefficient (Wildman–Crippen LogP) is 0.738. The van der Waals surface area contributed by atoms with Crippen molar-refractivity contribution in [2.24, 2.45) is 5.73 Å². The number of nitrogens with two attached hydrogens (primary N) is 1. The topological polar surface area (TPSA) is 58.4 Å². The number of benzene rings is 1. The first-order valence-corrected chi connectivity index (χ1v) is 6.14.